The molecule has 3 N–H and O–H groups in total. The highest BCUT2D eigenvalue weighted by Crippen LogP contribution is 2.09. The molecular formula is C10H18N2O4. The minimum atomic E-state index is -1.03. The number of nitrogens with one attached hydrogen (secondary N) is 1. The molecule has 92 valence electrons. The lowest BCUT2D eigenvalue weighted by Crippen LogP contribution is -2.54. The standard InChI is InChI=1S/C10H18N2O4/c1-10(6-13,7-14)11-8(15)5-12-4-2-3-9(12)16/h13-14H,2-7H2,1H3,(H,11,15). The summed E-state index contributed by atoms with van der Waals surface area (Å²) in [6.45, 7) is 1.44. The SMILES string of the molecule is CC(CO)(CO)NC(=O)CN1CCCC1=O. The van der Waals surface area contributed by atoms with E-state index in [1.165, 1.54) is 11.8 Å². The highest BCUT2D eigenvalue weighted by Gasteiger charge is 2.27. The van der Waals surface area contributed by atoms with E-state index >= 15 is 0 Å². The molecule has 1 rings (SSSR count). The van der Waals surface area contributed by atoms with Crippen LogP contribution in [-0.4, -0.2) is 58.8 Å². The van der Waals surface area contributed by atoms with Gasteiger partial charge in [-0.3, -0.25) is 9.59 Å². The zero-order valence-electron chi connectivity index (χ0n) is 9.40. The molecule has 1 saturated heterocycles. The third kappa shape index (κ3) is 3.18. The van der Waals surface area contributed by atoms with Crippen LogP contribution in [0.1, 0.15) is 19.8 Å². The maximum Gasteiger partial charge on any atom is 0.240 e. The van der Waals surface area contributed by atoms with Crippen molar-refractivity contribution in [2.24, 2.45) is 0 Å². The number of amides is 2. The topological polar surface area (TPSA) is 89.9 Å². The van der Waals surface area contributed by atoms with E-state index in [1.807, 2.05) is 0 Å². The van der Waals surface area contributed by atoms with Crippen LogP contribution in [-0.2, 0) is 9.59 Å². The van der Waals surface area contributed by atoms with Crippen molar-refractivity contribution < 1.29 is 19.8 Å². The number of carbonyl (C=O) groups excluding carboxylic acids is 2. The predicted octanol–water partition coefficient (Wildman–Crippen LogP) is -1.53. The molecule has 0 aromatic heterocycles. The van der Waals surface area contributed by atoms with Crippen LogP contribution in [0, 0.1) is 0 Å². The van der Waals surface area contributed by atoms with Crippen LogP contribution in [0.2, 0.25) is 0 Å². The minimum Gasteiger partial charge on any atom is -0.394 e. The van der Waals surface area contributed by atoms with Gasteiger partial charge in [-0.05, 0) is 13.3 Å². The lowest BCUT2D eigenvalue weighted by molar-refractivity contribution is -0.134. The number of hydrogen-bond donors (Lipinski definition) is 3. The Morgan fingerprint density at radius 2 is 2.12 bits per heavy atom. The molecular weight excluding hydrogens is 212 g/mol. The first-order valence-electron chi connectivity index (χ1n) is 5.31. The van der Waals surface area contributed by atoms with E-state index in [-0.39, 0.29) is 31.6 Å². The number of aliphatic hydroxyl groups is 2. The maximum atomic E-state index is 11.6. The number of nitrogens with zero attached hydrogens (tertiary/aromatic N) is 1. The van der Waals surface area contributed by atoms with Gasteiger partial charge in [-0.2, -0.15) is 0 Å². The van der Waals surface area contributed by atoms with Crippen molar-refractivity contribution >= 4 is 11.8 Å². The molecule has 0 aromatic carbocycles. The zero-order chi connectivity index (χ0) is 12.2. The first kappa shape index (κ1) is 12.9. The second kappa shape index (κ2) is 5.27. The second-order valence-electron chi connectivity index (χ2n) is 4.34. The van der Waals surface area contributed by atoms with Gasteiger partial charge in [0.1, 0.15) is 0 Å². The van der Waals surface area contributed by atoms with Crippen molar-refractivity contribution in [2.45, 2.75) is 25.3 Å². The summed E-state index contributed by atoms with van der Waals surface area (Å²) in [4.78, 5) is 24.3. The van der Waals surface area contributed by atoms with E-state index in [4.69, 9.17) is 10.2 Å². The van der Waals surface area contributed by atoms with Crippen molar-refractivity contribution in [1.82, 2.24) is 10.2 Å². The third-order valence-electron chi connectivity index (χ3n) is 2.64. The van der Waals surface area contributed by atoms with Gasteiger partial charge >= 0.3 is 0 Å². The quantitative estimate of drug-likeness (QED) is 0.534. The molecule has 0 saturated carbocycles. The van der Waals surface area contributed by atoms with Crippen molar-refractivity contribution in [3.05, 3.63) is 0 Å². The predicted molar refractivity (Wildman–Crippen MR) is 56.5 cm³/mol. The summed E-state index contributed by atoms with van der Waals surface area (Å²) in [5.41, 5.74) is -1.03. The van der Waals surface area contributed by atoms with Crippen LogP contribution >= 0.6 is 0 Å². The number of aliphatic hydroxyl groups excluding tert-OH is 2. The van der Waals surface area contributed by atoms with Gasteiger partial charge in [-0.15, -0.1) is 0 Å². The summed E-state index contributed by atoms with van der Waals surface area (Å²) >= 11 is 0. The van der Waals surface area contributed by atoms with Crippen LogP contribution < -0.4 is 5.32 Å². The Balaban J connectivity index is 2.43. The Kier molecular flexibility index (Phi) is 4.26. The van der Waals surface area contributed by atoms with Gasteiger partial charge < -0.3 is 20.4 Å². The molecule has 6 nitrogen and oxygen atoms in total. The van der Waals surface area contributed by atoms with Crippen molar-refractivity contribution in [3.63, 3.8) is 0 Å². The van der Waals surface area contributed by atoms with E-state index in [1.54, 1.807) is 0 Å². The first-order valence-corrected chi connectivity index (χ1v) is 5.31. The molecule has 16 heavy (non-hydrogen) atoms. The van der Waals surface area contributed by atoms with Crippen LogP contribution in [0.25, 0.3) is 0 Å². The first-order chi connectivity index (χ1) is 7.50. The van der Waals surface area contributed by atoms with Crippen LogP contribution in [0.15, 0.2) is 0 Å². The molecule has 0 bridgehead atoms. The molecule has 1 heterocycles. The average Bonchev–Trinajstić information content (AvgIpc) is 2.64. The number of hydrogen-bond acceptors (Lipinski definition) is 4. The summed E-state index contributed by atoms with van der Waals surface area (Å²) in [6.07, 6.45) is 1.27. The lowest BCUT2D eigenvalue weighted by Gasteiger charge is -2.27. The molecule has 0 radical (unpaired) electrons. The fourth-order valence-electron chi connectivity index (χ4n) is 1.55. The molecule has 2 amide bonds. The summed E-state index contributed by atoms with van der Waals surface area (Å²) in [7, 11) is 0. The molecule has 6 heteroatoms. The van der Waals surface area contributed by atoms with E-state index in [2.05, 4.69) is 5.32 Å². The van der Waals surface area contributed by atoms with Crippen LogP contribution in [0.4, 0.5) is 0 Å². The normalized spacial score (nSPS) is 16.7. The molecule has 0 aromatic rings. The van der Waals surface area contributed by atoms with Gasteiger partial charge in [-0.25, -0.2) is 0 Å². The van der Waals surface area contributed by atoms with Crippen molar-refractivity contribution in [2.75, 3.05) is 26.3 Å². The van der Waals surface area contributed by atoms with Crippen molar-refractivity contribution in [3.8, 4) is 0 Å². The summed E-state index contributed by atoms with van der Waals surface area (Å²) < 4.78 is 0. The average molecular weight is 230 g/mol. The van der Waals surface area contributed by atoms with Crippen LogP contribution in [0.3, 0.4) is 0 Å². The molecule has 1 aliphatic rings. The largest absolute Gasteiger partial charge is 0.394 e. The fourth-order valence-corrected chi connectivity index (χ4v) is 1.55. The van der Waals surface area contributed by atoms with Gasteiger partial charge in [-0.1, -0.05) is 0 Å². The van der Waals surface area contributed by atoms with E-state index < -0.39 is 5.54 Å². The van der Waals surface area contributed by atoms with Crippen LogP contribution in [0.5, 0.6) is 0 Å². The molecule has 1 aliphatic heterocycles. The van der Waals surface area contributed by atoms with Crippen molar-refractivity contribution in [1.29, 1.82) is 0 Å². The van der Waals surface area contributed by atoms with E-state index in [0.717, 1.165) is 6.42 Å². The smallest absolute Gasteiger partial charge is 0.240 e. The lowest BCUT2D eigenvalue weighted by atomic mass is 10.1. The molecule has 0 unspecified atom stereocenters. The number of carbonyl (C=O) groups is 2. The molecule has 0 atom stereocenters. The summed E-state index contributed by atoms with van der Waals surface area (Å²) in [5.74, 6) is -0.384. The van der Waals surface area contributed by atoms with E-state index in [9.17, 15) is 9.59 Å². The third-order valence-corrected chi connectivity index (χ3v) is 2.64. The Hall–Kier alpha value is -1.14. The van der Waals surface area contributed by atoms with Gasteiger partial charge in [0.05, 0.1) is 25.3 Å². The Morgan fingerprint density at radius 3 is 2.56 bits per heavy atom. The fraction of sp³-hybridized carbons (Fsp3) is 0.800. The molecule has 0 aliphatic carbocycles. The highest BCUT2D eigenvalue weighted by atomic mass is 16.3. The Morgan fingerprint density at radius 1 is 1.50 bits per heavy atom. The van der Waals surface area contributed by atoms with E-state index in [0.29, 0.717) is 13.0 Å². The van der Waals surface area contributed by atoms with Gasteiger partial charge in [0, 0.05) is 13.0 Å². The number of rotatable bonds is 5. The maximum absolute atomic E-state index is 11.6. The number of likely N-dealkylation sites (tertiary alicyclic amines) is 1. The zero-order valence-corrected chi connectivity index (χ0v) is 9.40. The molecule has 1 fully saturated rings. The second-order valence-corrected chi connectivity index (χ2v) is 4.34. The van der Waals surface area contributed by atoms with Gasteiger partial charge in [0.25, 0.3) is 0 Å². The Labute approximate surface area is 94.2 Å². The van der Waals surface area contributed by atoms with Gasteiger partial charge in [0.2, 0.25) is 11.8 Å². The monoisotopic (exact) mass is 230 g/mol. The van der Waals surface area contributed by atoms with Gasteiger partial charge in [0.15, 0.2) is 0 Å². The Bertz CT molecular complexity index is 276. The molecule has 0 spiro atoms. The highest BCUT2D eigenvalue weighted by molar-refractivity contribution is 5.86. The minimum absolute atomic E-state index is 0.00553. The summed E-state index contributed by atoms with van der Waals surface area (Å²) in [6, 6.07) is 0. The summed E-state index contributed by atoms with van der Waals surface area (Å²) in [5, 5.41) is 20.5.